The van der Waals surface area contributed by atoms with Gasteiger partial charge in [0.1, 0.15) is 0 Å². The predicted octanol–water partition coefficient (Wildman–Crippen LogP) is 1.45. The van der Waals surface area contributed by atoms with E-state index in [4.69, 9.17) is 5.73 Å². The standard InChI is InChI=1S/C8H18N2/c1-4-8(5-9)10-6-7(2)3/h6-8H,4-5,9H2,1-3H3/b10-6-. The van der Waals surface area contributed by atoms with Gasteiger partial charge in [-0.05, 0) is 12.3 Å². The molecule has 2 nitrogen and oxygen atoms in total. The Morgan fingerprint density at radius 3 is 2.40 bits per heavy atom. The Morgan fingerprint density at radius 1 is 1.50 bits per heavy atom. The smallest absolute Gasteiger partial charge is 0.0615 e. The van der Waals surface area contributed by atoms with E-state index in [1.807, 2.05) is 6.21 Å². The molecule has 0 saturated carbocycles. The van der Waals surface area contributed by atoms with Gasteiger partial charge in [-0.25, -0.2) is 0 Å². The lowest BCUT2D eigenvalue weighted by Gasteiger charge is -2.05. The lowest BCUT2D eigenvalue weighted by atomic mass is 10.2. The lowest BCUT2D eigenvalue weighted by molar-refractivity contribution is 0.659. The molecule has 0 aromatic heterocycles. The molecule has 1 unspecified atom stereocenters. The SMILES string of the molecule is CCC(CN)/N=C\C(C)C. The number of aliphatic imine (C=N–C) groups is 1. The number of hydrogen-bond acceptors (Lipinski definition) is 2. The number of rotatable bonds is 4. The van der Waals surface area contributed by atoms with Gasteiger partial charge in [0.05, 0.1) is 6.04 Å². The molecule has 2 heteroatoms. The van der Waals surface area contributed by atoms with Gasteiger partial charge >= 0.3 is 0 Å². The van der Waals surface area contributed by atoms with E-state index in [2.05, 4.69) is 25.8 Å². The molecule has 60 valence electrons. The summed E-state index contributed by atoms with van der Waals surface area (Å²) in [6, 6.07) is 0.336. The topological polar surface area (TPSA) is 38.4 Å². The highest BCUT2D eigenvalue weighted by molar-refractivity contribution is 5.59. The van der Waals surface area contributed by atoms with E-state index in [1.54, 1.807) is 0 Å². The molecule has 0 fully saturated rings. The van der Waals surface area contributed by atoms with Crippen molar-refractivity contribution in [1.82, 2.24) is 0 Å². The zero-order valence-corrected chi connectivity index (χ0v) is 7.17. The third kappa shape index (κ3) is 4.50. The van der Waals surface area contributed by atoms with Crippen LogP contribution in [0.5, 0.6) is 0 Å². The van der Waals surface area contributed by atoms with Gasteiger partial charge in [0.15, 0.2) is 0 Å². The van der Waals surface area contributed by atoms with Crippen LogP contribution in [0.3, 0.4) is 0 Å². The first-order chi connectivity index (χ1) is 4.70. The van der Waals surface area contributed by atoms with Crippen LogP contribution in [-0.4, -0.2) is 18.8 Å². The van der Waals surface area contributed by atoms with E-state index in [0.717, 1.165) is 6.42 Å². The summed E-state index contributed by atoms with van der Waals surface area (Å²) in [5.74, 6) is 0.542. The summed E-state index contributed by atoms with van der Waals surface area (Å²) in [4.78, 5) is 4.31. The van der Waals surface area contributed by atoms with Gasteiger partial charge < -0.3 is 5.73 Å². The fraction of sp³-hybridized carbons (Fsp3) is 0.875. The van der Waals surface area contributed by atoms with Crippen LogP contribution in [0, 0.1) is 5.92 Å². The molecule has 0 rings (SSSR count). The quantitative estimate of drug-likeness (QED) is 0.593. The highest BCUT2D eigenvalue weighted by Gasteiger charge is 1.97. The maximum absolute atomic E-state index is 5.46. The van der Waals surface area contributed by atoms with Gasteiger partial charge in [-0.1, -0.05) is 20.8 Å². The monoisotopic (exact) mass is 142 g/mol. The first kappa shape index (κ1) is 9.63. The van der Waals surface area contributed by atoms with E-state index < -0.39 is 0 Å². The Balaban J connectivity index is 3.61. The van der Waals surface area contributed by atoms with Gasteiger partial charge in [-0.2, -0.15) is 0 Å². The summed E-state index contributed by atoms with van der Waals surface area (Å²) in [6.45, 7) is 7.01. The molecule has 0 amide bonds. The van der Waals surface area contributed by atoms with Crippen LogP contribution < -0.4 is 5.73 Å². The summed E-state index contributed by atoms with van der Waals surface area (Å²) in [5.41, 5.74) is 5.46. The van der Waals surface area contributed by atoms with Crippen molar-refractivity contribution in [1.29, 1.82) is 0 Å². The molecule has 0 aliphatic carbocycles. The van der Waals surface area contributed by atoms with E-state index >= 15 is 0 Å². The number of nitrogens with zero attached hydrogens (tertiary/aromatic N) is 1. The molecule has 0 aromatic carbocycles. The van der Waals surface area contributed by atoms with E-state index in [-0.39, 0.29) is 0 Å². The Hall–Kier alpha value is -0.370. The summed E-state index contributed by atoms with van der Waals surface area (Å²) in [6.07, 6.45) is 3.01. The van der Waals surface area contributed by atoms with Crippen molar-refractivity contribution in [2.45, 2.75) is 33.2 Å². The highest BCUT2D eigenvalue weighted by Crippen LogP contribution is 1.95. The summed E-state index contributed by atoms with van der Waals surface area (Å²) in [5, 5.41) is 0. The minimum atomic E-state index is 0.336. The minimum absolute atomic E-state index is 0.336. The summed E-state index contributed by atoms with van der Waals surface area (Å²) < 4.78 is 0. The largest absolute Gasteiger partial charge is 0.328 e. The second kappa shape index (κ2) is 5.42. The van der Waals surface area contributed by atoms with Crippen molar-refractivity contribution in [2.24, 2.45) is 16.6 Å². The molecule has 0 radical (unpaired) electrons. The van der Waals surface area contributed by atoms with Crippen LogP contribution in [0.4, 0.5) is 0 Å². The van der Waals surface area contributed by atoms with Crippen LogP contribution in [0.15, 0.2) is 4.99 Å². The first-order valence-corrected chi connectivity index (χ1v) is 3.94. The van der Waals surface area contributed by atoms with Crippen molar-refractivity contribution in [3.8, 4) is 0 Å². The molecule has 0 spiro atoms. The van der Waals surface area contributed by atoms with Crippen LogP contribution in [0.25, 0.3) is 0 Å². The molecule has 0 aliphatic heterocycles. The van der Waals surface area contributed by atoms with Gasteiger partial charge in [0.2, 0.25) is 0 Å². The molecule has 1 atom stereocenters. The Labute approximate surface area is 63.5 Å². The lowest BCUT2D eigenvalue weighted by Crippen LogP contribution is -2.17. The van der Waals surface area contributed by atoms with Crippen LogP contribution in [-0.2, 0) is 0 Å². The van der Waals surface area contributed by atoms with Crippen LogP contribution in [0.2, 0.25) is 0 Å². The second-order valence-corrected chi connectivity index (χ2v) is 2.84. The zero-order valence-electron chi connectivity index (χ0n) is 7.17. The number of nitrogens with two attached hydrogens (primary N) is 1. The average Bonchev–Trinajstić information content (AvgIpc) is 1.90. The molecular formula is C8H18N2. The van der Waals surface area contributed by atoms with E-state index in [1.165, 1.54) is 0 Å². The Kier molecular flexibility index (Phi) is 5.22. The normalized spacial score (nSPS) is 14.9. The molecule has 10 heavy (non-hydrogen) atoms. The van der Waals surface area contributed by atoms with Crippen molar-refractivity contribution in [3.05, 3.63) is 0 Å². The zero-order chi connectivity index (χ0) is 7.98. The van der Waals surface area contributed by atoms with Crippen molar-refractivity contribution in [3.63, 3.8) is 0 Å². The van der Waals surface area contributed by atoms with E-state index in [9.17, 15) is 0 Å². The van der Waals surface area contributed by atoms with E-state index in [0.29, 0.717) is 18.5 Å². The molecule has 0 saturated heterocycles. The summed E-state index contributed by atoms with van der Waals surface area (Å²) >= 11 is 0. The fourth-order valence-electron chi connectivity index (χ4n) is 0.627. The molecule has 0 aliphatic rings. The Morgan fingerprint density at radius 2 is 2.10 bits per heavy atom. The average molecular weight is 142 g/mol. The highest BCUT2D eigenvalue weighted by atomic mass is 14.8. The third-order valence-corrected chi connectivity index (χ3v) is 1.34. The van der Waals surface area contributed by atoms with Crippen LogP contribution >= 0.6 is 0 Å². The van der Waals surface area contributed by atoms with Gasteiger partial charge in [-0.3, -0.25) is 4.99 Å². The molecule has 0 aromatic rings. The Bertz CT molecular complexity index is 93.4. The third-order valence-electron chi connectivity index (χ3n) is 1.34. The predicted molar refractivity (Wildman–Crippen MR) is 46.5 cm³/mol. The molecule has 2 N–H and O–H groups in total. The van der Waals surface area contributed by atoms with Crippen molar-refractivity contribution < 1.29 is 0 Å². The van der Waals surface area contributed by atoms with Crippen LogP contribution in [0.1, 0.15) is 27.2 Å². The maximum atomic E-state index is 5.46. The molecule has 0 heterocycles. The van der Waals surface area contributed by atoms with Gasteiger partial charge in [0, 0.05) is 12.8 Å². The molecular weight excluding hydrogens is 124 g/mol. The van der Waals surface area contributed by atoms with Gasteiger partial charge in [-0.15, -0.1) is 0 Å². The maximum Gasteiger partial charge on any atom is 0.0615 e. The summed E-state index contributed by atoms with van der Waals surface area (Å²) in [7, 11) is 0. The van der Waals surface area contributed by atoms with Crippen molar-refractivity contribution >= 4 is 6.21 Å². The number of hydrogen-bond donors (Lipinski definition) is 1. The molecule has 0 bridgehead atoms. The fourth-order valence-corrected chi connectivity index (χ4v) is 0.627. The van der Waals surface area contributed by atoms with Gasteiger partial charge in [0.25, 0.3) is 0 Å². The second-order valence-electron chi connectivity index (χ2n) is 2.84. The van der Waals surface area contributed by atoms with Crippen molar-refractivity contribution in [2.75, 3.05) is 6.54 Å². The minimum Gasteiger partial charge on any atom is -0.328 e. The first-order valence-electron chi connectivity index (χ1n) is 3.94.